The maximum Gasteiger partial charge on any atom is 0.122 e. The van der Waals surface area contributed by atoms with Crippen LogP contribution in [0.1, 0.15) is 37.8 Å². The summed E-state index contributed by atoms with van der Waals surface area (Å²) in [6.07, 6.45) is 3.57. The molecule has 0 bridgehead atoms. The van der Waals surface area contributed by atoms with Crippen LogP contribution in [0.25, 0.3) is 0 Å². The van der Waals surface area contributed by atoms with E-state index in [-0.39, 0.29) is 5.41 Å². The van der Waals surface area contributed by atoms with Crippen LogP contribution in [0.5, 0.6) is 5.75 Å². The average molecular weight is 233 g/mol. The first-order valence-corrected chi connectivity index (χ1v) is 6.58. The molecule has 0 aliphatic carbocycles. The van der Waals surface area contributed by atoms with Crippen LogP contribution in [0, 0.1) is 0 Å². The summed E-state index contributed by atoms with van der Waals surface area (Å²) in [6.45, 7) is 6.74. The van der Waals surface area contributed by atoms with Crippen LogP contribution in [0.3, 0.4) is 0 Å². The number of methoxy groups -OCH3 is 1. The molecule has 1 atom stereocenters. The Morgan fingerprint density at radius 1 is 1.41 bits per heavy atom. The molecule has 1 heterocycles. The third kappa shape index (κ3) is 2.47. The number of benzene rings is 1. The predicted octanol–water partition coefficient (Wildman–Crippen LogP) is 2.90. The predicted molar refractivity (Wildman–Crippen MR) is 71.8 cm³/mol. The van der Waals surface area contributed by atoms with Crippen molar-refractivity contribution in [2.75, 3.05) is 20.2 Å². The SMILES string of the molecule is CCc1ccc(OC)c(C2(C)CCCNC2)c1. The molecule has 1 aromatic rings. The zero-order chi connectivity index (χ0) is 12.3. The van der Waals surface area contributed by atoms with Gasteiger partial charge in [-0.15, -0.1) is 0 Å². The monoisotopic (exact) mass is 233 g/mol. The van der Waals surface area contributed by atoms with E-state index in [2.05, 4.69) is 37.4 Å². The van der Waals surface area contributed by atoms with Crippen molar-refractivity contribution < 1.29 is 4.74 Å². The van der Waals surface area contributed by atoms with Crippen LogP contribution in [-0.2, 0) is 11.8 Å². The number of hydrogen-bond acceptors (Lipinski definition) is 2. The molecule has 0 aromatic heterocycles. The molecule has 1 unspecified atom stereocenters. The Labute approximate surface area is 104 Å². The molecule has 17 heavy (non-hydrogen) atoms. The van der Waals surface area contributed by atoms with E-state index in [1.807, 2.05) is 0 Å². The van der Waals surface area contributed by atoms with Crippen molar-refractivity contribution >= 4 is 0 Å². The lowest BCUT2D eigenvalue weighted by molar-refractivity contribution is 0.321. The number of aryl methyl sites for hydroxylation is 1. The van der Waals surface area contributed by atoms with E-state index in [0.29, 0.717) is 0 Å². The van der Waals surface area contributed by atoms with Gasteiger partial charge in [-0.2, -0.15) is 0 Å². The topological polar surface area (TPSA) is 21.3 Å². The Morgan fingerprint density at radius 3 is 2.82 bits per heavy atom. The smallest absolute Gasteiger partial charge is 0.122 e. The van der Waals surface area contributed by atoms with Gasteiger partial charge in [0.05, 0.1) is 7.11 Å². The molecule has 1 fully saturated rings. The fraction of sp³-hybridized carbons (Fsp3) is 0.600. The van der Waals surface area contributed by atoms with Crippen LogP contribution in [0.15, 0.2) is 18.2 Å². The highest BCUT2D eigenvalue weighted by Crippen LogP contribution is 2.37. The maximum atomic E-state index is 5.54. The summed E-state index contributed by atoms with van der Waals surface area (Å²) in [5, 5.41) is 3.51. The van der Waals surface area contributed by atoms with Crippen molar-refractivity contribution in [3.05, 3.63) is 29.3 Å². The first kappa shape index (κ1) is 12.4. The lowest BCUT2D eigenvalue weighted by Crippen LogP contribution is -2.41. The minimum Gasteiger partial charge on any atom is -0.496 e. The molecule has 2 rings (SSSR count). The first-order valence-electron chi connectivity index (χ1n) is 6.58. The summed E-state index contributed by atoms with van der Waals surface area (Å²) in [5.74, 6) is 1.04. The second-order valence-electron chi connectivity index (χ2n) is 5.23. The summed E-state index contributed by atoms with van der Waals surface area (Å²) in [5.41, 5.74) is 2.98. The van der Waals surface area contributed by atoms with Gasteiger partial charge in [0.2, 0.25) is 0 Å². The average Bonchev–Trinajstić information content (AvgIpc) is 2.39. The van der Waals surface area contributed by atoms with Crippen molar-refractivity contribution in [3.8, 4) is 5.75 Å². The molecule has 2 nitrogen and oxygen atoms in total. The Morgan fingerprint density at radius 2 is 2.24 bits per heavy atom. The molecule has 2 heteroatoms. The third-order valence-corrected chi connectivity index (χ3v) is 3.92. The Kier molecular flexibility index (Phi) is 3.72. The van der Waals surface area contributed by atoms with E-state index in [9.17, 15) is 0 Å². The van der Waals surface area contributed by atoms with Crippen molar-refractivity contribution in [3.63, 3.8) is 0 Å². The normalized spacial score (nSPS) is 24.6. The number of piperidine rings is 1. The molecule has 1 aliphatic rings. The van der Waals surface area contributed by atoms with E-state index in [0.717, 1.165) is 25.3 Å². The van der Waals surface area contributed by atoms with E-state index in [1.54, 1.807) is 7.11 Å². The minimum atomic E-state index is 0.217. The Hall–Kier alpha value is -1.02. The number of nitrogens with one attached hydrogen (secondary N) is 1. The lowest BCUT2D eigenvalue weighted by Gasteiger charge is -2.35. The molecule has 0 radical (unpaired) electrons. The molecule has 0 saturated carbocycles. The van der Waals surface area contributed by atoms with E-state index >= 15 is 0 Å². The molecule has 1 N–H and O–H groups in total. The van der Waals surface area contributed by atoms with Crippen LogP contribution < -0.4 is 10.1 Å². The van der Waals surface area contributed by atoms with Gasteiger partial charge < -0.3 is 10.1 Å². The number of ether oxygens (including phenoxy) is 1. The molecule has 0 amide bonds. The highest BCUT2D eigenvalue weighted by atomic mass is 16.5. The molecule has 1 aliphatic heterocycles. The van der Waals surface area contributed by atoms with Crippen LogP contribution >= 0.6 is 0 Å². The van der Waals surface area contributed by atoms with Gasteiger partial charge in [-0.3, -0.25) is 0 Å². The maximum absolute atomic E-state index is 5.54. The van der Waals surface area contributed by atoms with Gasteiger partial charge in [0.1, 0.15) is 5.75 Å². The first-order chi connectivity index (χ1) is 8.19. The van der Waals surface area contributed by atoms with Crippen molar-refractivity contribution in [1.29, 1.82) is 0 Å². The number of rotatable bonds is 3. The van der Waals surface area contributed by atoms with E-state index in [1.165, 1.54) is 24.0 Å². The van der Waals surface area contributed by atoms with E-state index < -0.39 is 0 Å². The molecule has 1 saturated heterocycles. The second-order valence-corrected chi connectivity index (χ2v) is 5.23. The fourth-order valence-corrected chi connectivity index (χ4v) is 2.73. The molecular formula is C15H23NO. The summed E-state index contributed by atoms with van der Waals surface area (Å²) in [6, 6.07) is 6.61. The van der Waals surface area contributed by atoms with Gasteiger partial charge in [-0.25, -0.2) is 0 Å². The number of hydrogen-bond donors (Lipinski definition) is 1. The highest BCUT2D eigenvalue weighted by Gasteiger charge is 2.31. The molecule has 0 spiro atoms. The van der Waals surface area contributed by atoms with Gasteiger partial charge in [0, 0.05) is 17.5 Å². The van der Waals surface area contributed by atoms with Gasteiger partial charge in [0.25, 0.3) is 0 Å². The van der Waals surface area contributed by atoms with Crippen molar-refractivity contribution in [1.82, 2.24) is 5.32 Å². The summed E-state index contributed by atoms with van der Waals surface area (Å²) in [7, 11) is 1.77. The van der Waals surface area contributed by atoms with Gasteiger partial charge in [0.15, 0.2) is 0 Å². The standard InChI is InChI=1S/C15H23NO/c1-4-12-6-7-14(17-3)13(10-12)15(2)8-5-9-16-11-15/h6-7,10,16H,4-5,8-9,11H2,1-3H3. The highest BCUT2D eigenvalue weighted by molar-refractivity contribution is 5.43. The largest absolute Gasteiger partial charge is 0.496 e. The quantitative estimate of drug-likeness (QED) is 0.866. The zero-order valence-corrected chi connectivity index (χ0v) is 11.2. The summed E-state index contributed by atoms with van der Waals surface area (Å²) >= 11 is 0. The fourth-order valence-electron chi connectivity index (χ4n) is 2.73. The van der Waals surface area contributed by atoms with Crippen molar-refractivity contribution in [2.24, 2.45) is 0 Å². The molecular weight excluding hydrogens is 210 g/mol. The van der Waals surface area contributed by atoms with Crippen LogP contribution in [0.4, 0.5) is 0 Å². The van der Waals surface area contributed by atoms with E-state index in [4.69, 9.17) is 4.74 Å². The lowest BCUT2D eigenvalue weighted by atomic mass is 9.75. The Balaban J connectivity index is 2.40. The molecule has 1 aromatic carbocycles. The van der Waals surface area contributed by atoms with Gasteiger partial charge in [-0.1, -0.05) is 26.0 Å². The molecule has 94 valence electrons. The van der Waals surface area contributed by atoms with Crippen LogP contribution in [0.2, 0.25) is 0 Å². The second kappa shape index (κ2) is 5.09. The van der Waals surface area contributed by atoms with Crippen molar-refractivity contribution in [2.45, 2.75) is 38.5 Å². The van der Waals surface area contributed by atoms with Gasteiger partial charge >= 0.3 is 0 Å². The minimum absolute atomic E-state index is 0.217. The zero-order valence-electron chi connectivity index (χ0n) is 11.2. The van der Waals surface area contributed by atoms with Gasteiger partial charge in [-0.05, 0) is 37.4 Å². The third-order valence-electron chi connectivity index (χ3n) is 3.92. The summed E-state index contributed by atoms with van der Waals surface area (Å²) < 4.78 is 5.54. The van der Waals surface area contributed by atoms with Crippen LogP contribution in [-0.4, -0.2) is 20.2 Å². The Bertz CT molecular complexity index is 381. The summed E-state index contributed by atoms with van der Waals surface area (Å²) in [4.78, 5) is 0.